The summed E-state index contributed by atoms with van der Waals surface area (Å²) in [4.78, 5) is 10.9. The zero-order valence-electron chi connectivity index (χ0n) is 9.87. The molecule has 1 aliphatic rings. The molecule has 0 spiro atoms. The van der Waals surface area contributed by atoms with Crippen molar-refractivity contribution in [2.45, 2.75) is 19.0 Å². The number of rotatable bonds is 2. The molecular formula is C13H11F3N2O. The normalized spacial score (nSPS) is 16.4. The Hall–Kier alpha value is -2.11. The first kappa shape index (κ1) is 13.3. The van der Waals surface area contributed by atoms with Gasteiger partial charge >= 0.3 is 6.18 Å². The molecule has 0 unspecified atom stereocenters. The third-order valence-corrected chi connectivity index (χ3v) is 2.61. The van der Waals surface area contributed by atoms with Gasteiger partial charge in [0, 0.05) is 12.8 Å². The maximum Gasteiger partial charge on any atom is 0.416 e. The molecule has 1 amide bonds. The number of carbonyl (C=O) groups excluding carboxylic acids is 1. The van der Waals surface area contributed by atoms with Crippen LogP contribution in [0.3, 0.4) is 0 Å². The Morgan fingerprint density at radius 3 is 2.63 bits per heavy atom. The first-order chi connectivity index (χ1) is 8.95. The van der Waals surface area contributed by atoms with Crippen LogP contribution >= 0.6 is 0 Å². The van der Waals surface area contributed by atoms with Gasteiger partial charge < -0.3 is 0 Å². The first-order valence-corrected chi connectivity index (χ1v) is 5.66. The molecule has 0 bridgehead atoms. The molecule has 2 rings (SSSR count). The molecule has 0 atom stereocenters. The fourth-order valence-corrected chi connectivity index (χ4v) is 1.62. The highest BCUT2D eigenvalue weighted by molar-refractivity contribution is 6.02. The molecule has 19 heavy (non-hydrogen) atoms. The lowest BCUT2D eigenvalue weighted by atomic mass is 10.1. The average molecular weight is 268 g/mol. The number of hydrazone groups is 1. The predicted octanol–water partition coefficient (Wildman–Crippen LogP) is 2.98. The zero-order chi connectivity index (χ0) is 13.9. The van der Waals surface area contributed by atoms with Crippen LogP contribution in [0, 0.1) is 0 Å². The van der Waals surface area contributed by atoms with Gasteiger partial charge in [-0.25, -0.2) is 5.43 Å². The molecular weight excluding hydrogens is 257 g/mol. The minimum atomic E-state index is -4.35. The van der Waals surface area contributed by atoms with Gasteiger partial charge in [0.05, 0.1) is 11.3 Å². The summed E-state index contributed by atoms with van der Waals surface area (Å²) in [6.45, 7) is 0. The summed E-state index contributed by atoms with van der Waals surface area (Å²) in [6.07, 6.45) is -0.367. The van der Waals surface area contributed by atoms with E-state index in [1.54, 1.807) is 18.2 Å². The number of nitrogens with one attached hydrogen (secondary N) is 1. The summed E-state index contributed by atoms with van der Waals surface area (Å²) < 4.78 is 37.5. The largest absolute Gasteiger partial charge is 0.416 e. The molecule has 0 radical (unpaired) electrons. The number of carbonyl (C=O) groups is 1. The van der Waals surface area contributed by atoms with Crippen LogP contribution in [-0.4, -0.2) is 11.6 Å². The van der Waals surface area contributed by atoms with Crippen molar-refractivity contribution in [2.24, 2.45) is 5.10 Å². The fraction of sp³-hybridized carbons (Fsp3) is 0.231. The van der Waals surface area contributed by atoms with Crippen molar-refractivity contribution in [3.63, 3.8) is 0 Å². The van der Waals surface area contributed by atoms with Gasteiger partial charge in [0.15, 0.2) is 0 Å². The van der Waals surface area contributed by atoms with Crippen LogP contribution < -0.4 is 5.43 Å². The van der Waals surface area contributed by atoms with Gasteiger partial charge in [-0.3, -0.25) is 4.79 Å². The third-order valence-electron chi connectivity index (χ3n) is 2.61. The van der Waals surface area contributed by atoms with Gasteiger partial charge in [-0.2, -0.15) is 18.3 Å². The van der Waals surface area contributed by atoms with E-state index in [0.717, 1.165) is 12.1 Å². The number of allylic oxidation sites excluding steroid dienone is 1. The first-order valence-electron chi connectivity index (χ1n) is 5.66. The number of halogens is 3. The SMILES string of the molecule is O=C1CCC(C=Cc2cccc(C(F)(F)F)c2)=NN1. The van der Waals surface area contributed by atoms with E-state index in [0.29, 0.717) is 24.1 Å². The van der Waals surface area contributed by atoms with Crippen molar-refractivity contribution in [1.29, 1.82) is 0 Å². The fourth-order valence-electron chi connectivity index (χ4n) is 1.62. The molecule has 0 saturated carbocycles. The van der Waals surface area contributed by atoms with E-state index in [1.165, 1.54) is 6.07 Å². The lowest BCUT2D eigenvalue weighted by Gasteiger charge is -2.09. The highest BCUT2D eigenvalue weighted by atomic mass is 19.4. The van der Waals surface area contributed by atoms with Gasteiger partial charge in [0.25, 0.3) is 0 Å². The predicted molar refractivity (Wildman–Crippen MR) is 65.3 cm³/mol. The van der Waals surface area contributed by atoms with Crippen LogP contribution in [0.25, 0.3) is 6.08 Å². The second-order valence-electron chi connectivity index (χ2n) is 4.09. The molecule has 3 nitrogen and oxygen atoms in total. The smallest absolute Gasteiger partial charge is 0.273 e. The van der Waals surface area contributed by atoms with Crippen molar-refractivity contribution >= 4 is 17.7 Å². The van der Waals surface area contributed by atoms with Crippen molar-refractivity contribution in [1.82, 2.24) is 5.43 Å². The highest BCUT2D eigenvalue weighted by Crippen LogP contribution is 2.29. The van der Waals surface area contributed by atoms with E-state index in [4.69, 9.17) is 0 Å². The van der Waals surface area contributed by atoms with Gasteiger partial charge in [0.2, 0.25) is 5.91 Å². The monoisotopic (exact) mass is 268 g/mol. The van der Waals surface area contributed by atoms with Gasteiger partial charge in [-0.15, -0.1) is 0 Å². The maximum atomic E-state index is 12.5. The van der Waals surface area contributed by atoms with Crippen LogP contribution in [0.15, 0.2) is 35.4 Å². The van der Waals surface area contributed by atoms with E-state index in [1.807, 2.05) is 0 Å². The van der Waals surface area contributed by atoms with Crippen LogP contribution in [0.2, 0.25) is 0 Å². The number of nitrogens with zero attached hydrogens (tertiary/aromatic N) is 1. The number of benzene rings is 1. The number of hydrogen-bond donors (Lipinski definition) is 1. The van der Waals surface area contributed by atoms with E-state index in [2.05, 4.69) is 10.5 Å². The molecule has 6 heteroatoms. The van der Waals surface area contributed by atoms with Crippen LogP contribution in [0.5, 0.6) is 0 Å². The van der Waals surface area contributed by atoms with Crippen molar-refractivity contribution in [2.75, 3.05) is 0 Å². The molecule has 1 aromatic rings. The molecule has 1 N–H and O–H groups in total. The number of amides is 1. The van der Waals surface area contributed by atoms with Crippen molar-refractivity contribution < 1.29 is 18.0 Å². The Bertz CT molecular complexity index is 547. The van der Waals surface area contributed by atoms with Crippen LogP contribution in [0.1, 0.15) is 24.0 Å². The van der Waals surface area contributed by atoms with Crippen molar-refractivity contribution in [3.8, 4) is 0 Å². The lowest BCUT2D eigenvalue weighted by molar-refractivity contribution is -0.137. The second-order valence-corrected chi connectivity index (χ2v) is 4.09. The summed E-state index contributed by atoms with van der Waals surface area (Å²) >= 11 is 0. The second kappa shape index (κ2) is 5.26. The molecule has 0 aliphatic carbocycles. The Morgan fingerprint density at radius 1 is 1.21 bits per heavy atom. The Morgan fingerprint density at radius 2 is 2.00 bits per heavy atom. The van der Waals surface area contributed by atoms with Crippen LogP contribution in [0.4, 0.5) is 13.2 Å². The lowest BCUT2D eigenvalue weighted by Crippen LogP contribution is -2.24. The average Bonchev–Trinajstić information content (AvgIpc) is 2.37. The molecule has 1 aliphatic heterocycles. The molecule has 1 aromatic carbocycles. The zero-order valence-corrected chi connectivity index (χ0v) is 9.87. The molecule has 0 aromatic heterocycles. The highest BCUT2D eigenvalue weighted by Gasteiger charge is 2.30. The standard InChI is InChI=1S/C13H11F3N2O/c14-13(15,16)10-3-1-2-9(8-10)4-5-11-6-7-12(19)18-17-11/h1-5,8H,6-7H2,(H,18,19). The van der Waals surface area contributed by atoms with E-state index < -0.39 is 11.7 Å². The minimum absolute atomic E-state index is 0.156. The topological polar surface area (TPSA) is 41.5 Å². The quantitative estimate of drug-likeness (QED) is 0.880. The Balaban J connectivity index is 2.13. The summed E-state index contributed by atoms with van der Waals surface area (Å²) in [5.74, 6) is -0.156. The van der Waals surface area contributed by atoms with Gasteiger partial charge in [0.1, 0.15) is 0 Å². The number of alkyl halides is 3. The molecule has 1 heterocycles. The Kier molecular flexibility index (Phi) is 3.69. The van der Waals surface area contributed by atoms with Gasteiger partial charge in [-0.1, -0.05) is 18.2 Å². The Labute approximate surface area is 107 Å². The maximum absolute atomic E-state index is 12.5. The van der Waals surface area contributed by atoms with E-state index in [9.17, 15) is 18.0 Å². The van der Waals surface area contributed by atoms with E-state index >= 15 is 0 Å². The van der Waals surface area contributed by atoms with Crippen molar-refractivity contribution in [3.05, 3.63) is 41.5 Å². The summed E-state index contributed by atoms with van der Waals surface area (Å²) in [5.41, 5.74) is 2.71. The van der Waals surface area contributed by atoms with Crippen LogP contribution in [-0.2, 0) is 11.0 Å². The summed E-state index contributed by atoms with van der Waals surface area (Å²) in [5, 5.41) is 3.80. The summed E-state index contributed by atoms with van der Waals surface area (Å²) in [7, 11) is 0. The summed E-state index contributed by atoms with van der Waals surface area (Å²) in [6, 6.07) is 5.02. The van der Waals surface area contributed by atoms with Gasteiger partial charge in [-0.05, 0) is 23.8 Å². The number of hydrogen-bond acceptors (Lipinski definition) is 2. The van der Waals surface area contributed by atoms with E-state index in [-0.39, 0.29) is 5.91 Å². The molecule has 0 saturated heterocycles. The molecule has 100 valence electrons. The minimum Gasteiger partial charge on any atom is -0.273 e. The third kappa shape index (κ3) is 3.67. The molecule has 0 fully saturated rings.